The minimum Gasteiger partial charge on any atom is -0.381 e. The van der Waals surface area contributed by atoms with E-state index in [4.69, 9.17) is 9.47 Å². The van der Waals surface area contributed by atoms with Crippen LogP contribution in [0.3, 0.4) is 0 Å². The van der Waals surface area contributed by atoms with Crippen LogP contribution in [-0.4, -0.2) is 32.4 Å². The molecule has 1 aromatic carbocycles. The van der Waals surface area contributed by atoms with E-state index < -0.39 is 0 Å². The van der Waals surface area contributed by atoms with E-state index in [0.717, 1.165) is 45.6 Å². The van der Waals surface area contributed by atoms with Gasteiger partial charge in [-0.15, -0.1) is 0 Å². The van der Waals surface area contributed by atoms with Gasteiger partial charge in [-0.1, -0.05) is 37.3 Å². The number of benzene rings is 1. The fraction of sp³-hybridized carbons (Fsp3) is 0.667. The summed E-state index contributed by atoms with van der Waals surface area (Å²) in [5.74, 6) is 0.627. The van der Waals surface area contributed by atoms with Crippen molar-refractivity contribution in [2.24, 2.45) is 5.92 Å². The number of hydrogen-bond acceptors (Lipinski definition) is 3. The first kappa shape index (κ1) is 16.5. The molecule has 0 aromatic heterocycles. The topological polar surface area (TPSA) is 30.5 Å². The number of rotatable bonds is 8. The molecule has 2 atom stereocenters. The third kappa shape index (κ3) is 4.80. The third-order valence-electron chi connectivity index (χ3n) is 4.20. The Balaban J connectivity index is 2.16. The molecule has 2 rings (SSSR count). The van der Waals surface area contributed by atoms with Gasteiger partial charge in [0.2, 0.25) is 0 Å². The van der Waals surface area contributed by atoms with Crippen LogP contribution < -0.4 is 5.32 Å². The monoisotopic (exact) mass is 291 g/mol. The molecule has 1 aliphatic heterocycles. The van der Waals surface area contributed by atoms with Gasteiger partial charge in [-0.05, 0) is 44.2 Å². The van der Waals surface area contributed by atoms with Crippen molar-refractivity contribution in [1.82, 2.24) is 5.32 Å². The molecule has 3 heteroatoms. The third-order valence-corrected chi connectivity index (χ3v) is 4.20. The minimum absolute atomic E-state index is 0.130. The average Bonchev–Trinajstić information content (AvgIpc) is 2.56. The molecule has 21 heavy (non-hydrogen) atoms. The van der Waals surface area contributed by atoms with Crippen LogP contribution in [0.15, 0.2) is 30.3 Å². The van der Waals surface area contributed by atoms with E-state index in [0.29, 0.717) is 12.0 Å². The Hall–Kier alpha value is -0.900. The molecule has 0 saturated carbocycles. The summed E-state index contributed by atoms with van der Waals surface area (Å²) in [6.45, 7) is 7.83. The van der Waals surface area contributed by atoms with Gasteiger partial charge in [0.25, 0.3) is 0 Å². The van der Waals surface area contributed by atoms with Crippen molar-refractivity contribution in [3.8, 4) is 0 Å². The van der Waals surface area contributed by atoms with Crippen molar-refractivity contribution in [2.75, 3.05) is 26.4 Å². The van der Waals surface area contributed by atoms with Crippen LogP contribution in [0.1, 0.15) is 44.8 Å². The first-order valence-electron chi connectivity index (χ1n) is 8.34. The molecule has 0 aliphatic carbocycles. The largest absolute Gasteiger partial charge is 0.381 e. The van der Waals surface area contributed by atoms with Crippen molar-refractivity contribution in [2.45, 2.75) is 45.3 Å². The van der Waals surface area contributed by atoms with Crippen LogP contribution in [0.2, 0.25) is 0 Å². The van der Waals surface area contributed by atoms with Crippen LogP contribution in [0.25, 0.3) is 0 Å². The summed E-state index contributed by atoms with van der Waals surface area (Å²) in [6.07, 6.45) is 3.52. The predicted octanol–water partition coefficient (Wildman–Crippen LogP) is 3.56. The summed E-state index contributed by atoms with van der Waals surface area (Å²) in [5, 5.41) is 3.74. The van der Waals surface area contributed by atoms with Gasteiger partial charge >= 0.3 is 0 Å². The molecule has 1 aromatic rings. The minimum atomic E-state index is 0.130. The Labute approximate surface area is 129 Å². The van der Waals surface area contributed by atoms with Gasteiger partial charge in [0.1, 0.15) is 0 Å². The molecule has 0 radical (unpaired) electrons. The second-order valence-electron chi connectivity index (χ2n) is 5.72. The molecule has 1 heterocycles. The van der Waals surface area contributed by atoms with E-state index in [-0.39, 0.29) is 6.10 Å². The zero-order chi connectivity index (χ0) is 14.9. The maximum Gasteiger partial charge on any atom is 0.0980 e. The molecule has 1 fully saturated rings. The highest BCUT2D eigenvalue weighted by atomic mass is 16.5. The molecule has 1 N–H and O–H groups in total. The summed E-state index contributed by atoms with van der Waals surface area (Å²) in [6, 6.07) is 11.0. The molecule has 0 spiro atoms. The smallest absolute Gasteiger partial charge is 0.0980 e. The SMILES string of the molecule is CCCNC(C1CCOCC1)C(OCC)c1ccccc1. The van der Waals surface area contributed by atoms with Gasteiger partial charge < -0.3 is 14.8 Å². The van der Waals surface area contributed by atoms with Crippen molar-refractivity contribution in [3.63, 3.8) is 0 Å². The quantitative estimate of drug-likeness (QED) is 0.794. The molecule has 0 amide bonds. The second-order valence-corrected chi connectivity index (χ2v) is 5.72. The Morgan fingerprint density at radius 2 is 1.90 bits per heavy atom. The summed E-state index contributed by atoms with van der Waals surface area (Å²) < 4.78 is 11.7. The molecule has 1 aliphatic rings. The highest BCUT2D eigenvalue weighted by Gasteiger charge is 2.31. The fourth-order valence-electron chi connectivity index (χ4n) is 3.14. The summed E-state index contributed by atoms with van der Waals surface area (Å²) in [5.41, 5.74) is 1.28. The van der Waals surface area contributed by atoms with Crippen LogP contribution in [0.5, 0.6) is 0 Å². The van der Waals surface area contributed by atoms with E-state index in [1.165, 1.54) is 5.56 Å². The van der Waals surface area contributed by atoms with Crippen LogP contribution in [-0.2, 0) is 9.47 Å². The van der Waals surface area contributed by atoms with Gasteiger partial charge in [0.05, 0.1) is 6.10 Å². The molecule has 2 unspecified atom stereocenters. The summed E-state index contributed by atoms with van der Waals surface area (Å²) >= 11 is 0. The van der Waals surface area contributed by atoms with Crippen LogP contribution in [0.4, 0.5) is 0 Å². The fourth-order valence-corrected chi connectivity index (χ4v) is 3.14. The lowest BCUT2D eigenvalue weighted by molar-refractivity contribution is -0.0137. The lowest BCUT2D eigenvalue weighted by Gasteiger charge is -2.36. The lowest BCUT2D eigenvalue weighted by atomic mass is 9.85. The maximum atomic E-state index is 6.14. The molecule has 3 nitrogen and oxygen atoms in total. The molecular weight excluding hydrogens is 262 g/mol. The van der Waals surface area contributed by atoms with E-state index in [9.17, 15) is 0 Å². The summed E-state index contributed by atoms with van der Waals surface area (Å²) in [4.78, 5) is 0. The Morgan fingerprint density at radius 3 is 2.52 bits per heavy atom. The molecule has 1 saturated heterocycles. The number of ether oxygens (including phenoxy) is 2. The zero-order valence-corrected chi connectivity index (χ0v) is 13.4. The van der Waals surface area contributed by atoms with E-state index in [1.54, 1.807) is 0 Å². The first-order chi connectivity index (χ1) is 10.4. The summed E-state index contributed by atoms with van der Waals surface area (Å²) in [7, 11) is 0. The van der Waals surface area contributed by atoms with Crippen molar-refractivity contribution in [3.05, 3.63) is 35.9 Å². The first-order valence-corrected chi connectivity index (χ1v) is 8.34. The van der Waals surface area contributed by atoms with Gasteiger partial charge in [-0.25, -0.2) is 0 Å². The molecule has 118 valence electrons. The standard InChI is InChI=1S/C18H29NO2/c1-3-12-19-17(15-10-13-20-14-11-15)18(21-4-2)16-8-6-5-7-9-16/h5-9,15,17-19H,3-4,10-14H2,1-2H3. The second kappa shape index (κ2) is 9.19. The number of hydrogen-bond donors (Lipinski definition) is 1. The average molecular weight is 291 g/mol. The van der Waals surface area contributed by atoms with Crippen molar-refractivity contribution >= 4 is 0 Å². The van der Waals surface area contributed by atoms with Crippen LogP contribution >= 0.6 is 0 Å². The van der Waals surface area contributed by atoms with E-state index in [1.807, 2.05) is 0 Å². The van der Waals surface area contributed by atoms with Gasteiger partial charge in [0.15, 0.2) is 0 Å². The lowest BCUT2D eigenvalue weighted by Crippen LogP contribution is -2.44. The number of nitrogens with one attached hydrogen (secondary N) is 1. The van der Waals surface area contributed by atoms with Crippen molar-refractivity contribution in [1.29, 1.82) is 0 Å². The van der Waals surface area contributed by atoms with Gasteiger partial charge in [0, 0.05) is 25.9 Å². The normalized spacial score (nSPS) is 19.3. The van der Waals surface area contributed by atoms with Crippen LogP contribution in [0, 0.1) is 5.92 Å². The maximum absolute atomic E-state index is 6.14. The Kier molecular flexibility index (Phi) is 7.20. The van der Waals surface area contributed by atoms with E-state index >= 15 is 0 Å². The Morgan fingerprint density at radius 1 is 1.19 bits per heavy atom. The Bertz CT molecular complexity index is 376. The van der Waals surface area contributed by atoms with Gasteiger partial charge in [-0.3, -0.25) is 0 Å². The highest BCUT2D eigenvalue weighted by Crippen LogP contribution is 2.31. The predicted molar refractivity (Wildman–Crippen MR) is 86.4 cm³/mol. The molecular formula is C18H29NO2. The van der Waals surface area contributed by atoms with Crippen molar-refractivity contribution < 1.29 is 9.47 Å². The zero-order valence-electron chi connectivity index (χ0n) is 13.4. The highest BCUT2D eigenvalue weighted by molar-refractivity contribution is 5.19. The molecule has 0 bridgehead atoms. The van der Waals surface area contributed by atoms with Gasteiger partial charge in [-0.2, -0.15) is 0 Å². The van der Waals surface area contributed by atoms with E-state index in [2.05, 4.69) is 49.5 Å².